The summed E-state index contributed by atoms with van der Waals surface area (Å²) >= 11 is 0. The first-order valence-electron chi connectivity index (χ1n) is 12.1. The lowest BCUT2D eigenvalue weighted by molar-refractivity contribution is -0.137. The number of carboxylic acids is 1. The van der Waals surface area contributed by atoms with E-state index >= 15 is 0 Å². The molecule has 0 saturated carbocycles. The van der Waals surface area contributed by atoms with Crippen LogP contribution in [0.3, 0.4) is 0 Å². The Bertz CT molecular complexity index is 307. The normalized spacial score (nSPS) is 12.4. The number of carbonyl (C=O) groups is 1. The first-order valence-corrected chi connectivity index (χ1v) is 12.1. The van der Waals surface area contributed by atoms with Crippen molar-refractivity contribution >= 4 is 5.97 Å². The van der Waals surface area contributed by atoms with Crippen LogP contribution in [0.15, 0.2) is 0 Å². The van der Waals surface area contributed by atoms with Crippen LogP contribution in [0.1, 0.15) is 129 Å². The van der Waals surface area contributed by atoms with Gasteiger partial charge < -0.3 is 10.4 Å². The lowest BCUT2D eigenvalue weighted by Crippen LogP contribution is -2.16. The van der Waals surface area contributed by atoms with Gasteiger partial charge in [0, 0.05) is 6.42 Å². The summed E-state index contributed by atoms with van der Waals surface area (Å²) in [5.74, 6) is 0.183. The number of nitrogens with one attached hydrogen (secondary N) is 1. The van der Waals surface area contributed by atoms with Crippen LogP contribution >= 0.6 is 0 Å². The molecule has 0 aliphatic carbocycles. The molecule has 27 heavy (non-hydrogen) atoms. The molecule has 0 bridgehead atoms. The van der Waals surface area contributed by atoms with Crippen molar-refractivity contribution in [3.63, 3.8) is 0 Å². The molecule has 0 aromatic rings. The van der Waals surface area contributed by atoms with E-state index in [9.17, 15) is 4.79 Å². The number of hydrogen-bond donors (Lipinski definition) is 2. The Labute approximate surface area is 170 Å². The van der Waals surface area contributed by atoms with Crippen molar-refractivity contribution in [1.29, 1.82) is 0 Å². The van der Waals surface area contributed by atoms with Crippen LogP contribution in [0, 0.1) is 5.92 Å². The molecule has 0 radical (unpaired) electrons. The molecule has 0 spiro atoms. The Morgan fingerprint density at radius 1 is 0.667 bits per heavy atom. The number of aliphatic carboxylic acids is 1. The van der Waals surface area contributed by atoms with E-state index in [1.807, 2.05) is 0 Å². The molecule has 1 unspecified atom stereocenters. The van der Waals surface area contributed by atoms with Crippen LogP contribution < -0.4 is 5.32 Å². The third-order valence-electron chi connectivity index (χ3n) is 5.64. The maximum absolute atomic E-state index is 10.6. The highest BCUT2D eigenvalue weighted by Gasteiger charge is 2.09. The molecule has 3 nitrogen and oxygen atoms in total. The van der Waals surface area contributed by atoms with Gasteiger partial charge in [-0.15, -0.1) is 0 Å². The van der Waals surface area contributed by atoms with E-state index in [1.54, 1.807) is 0 Å². The quantitative estimate of drug-likeness (QED) is 0.192. The summed E-state index contributed by atoms with van der Waals surface area (Å²) in [4.78, 5) is 10.6. The van der Waals surface area contributed by atoms with E-state index in [2.05, 4.69) is 19.2 Å². The summed E-state index contributed by atoms with van der Waals surface area (Å²) in [5, 5.41) is 12.4. The topological polar surface area (TPSA) is 49.3 Å². The summed E-state index contributed by atoms with van der Waals surface area (Å²) in [7, 11) is 0. The summed E-state index contributed by atoms with van der Waals surface area (Å²) < 4.78 is 0. The van der Waals surface area contributed by atoms with Crippen LogP contribution in [-0.2, 0) is 4.79 Å². The zero-order valence-corrected chi connectivity index (χ0v) is 18.6. The highest BCUT2D eigenvalue weighted by molar-refractivity contribution is 5.66. The summed E-state index contributed by atoms with van der Waals surface area (Å²) in [6.45, 7) is 6.92. The van der Waals surface area contributed by atoms with E-state index in [1.165, 1.54) is 109 Å². The van der Waals surface area contributed by atoms with Gasteiger partial charge in [-0.2, -0.15) is 0 Å². The Morgan fingerprint density at radius 2 is 1.11 bits per heavy atom. The molecule has 0 fully saturated rings. The van der Waals surface area contributed by atoms with Gasteiger partial charge in [0.15, 0.2) is 0 Å². The van der Waals surface area contributed by atoms with Crippen molar-refractivity contribution in [3.8, 4) is 0 Å². The standard InChI is InChI=1S/C24H49NO2/c1-3-5-7-15-21-25-22-16-10-8-9-12-18-23(17-11-6-4-2)19-13-14-20-24(26)27/h23,25H,3-22H2,1-2H3,(H,26,27). The van der Waals surface area contributed by atoms with E-state index in [4.69, 9.17) is 5.11 Å². The van der Waals surface area contributed by atoms with Crippen molar-refractivity contribution in [2.75, 3.05) is 13.1 Å². The number of unbranched alkanes of at least 4 members (excludes halogenated alkanes) is 10. The molecule has 0 heterocycles. The van der Waals surface area contributed by atoms with Crippen LogP contribution in [-0.4, -0.2) is 24.2 Å². The van der Waals surface area contributed by atoms with E-state index < -0.39 is 5.97 Å². The lowest BCUT2D eigenvalue weighted by atomic mass is 9.90. The van der Waals surface area contributed by atoms with Gasteiger partial charge in [0.1, 0.15) is 0 Å². The van der Waals surface area contributed by atoms with E-state index in [0.717, 1.165) is 18.8 Å². The van der Waals surface area contributed by atoms with Crippen LogP contribution in [0.2, 0.25) is 0 Å². The predicted octanol–water partition coefficient (Wildman–Crippen LogP) is 7.34. The molecule has 0 amide bonds. The minimum absolute atomic E-state index is 0.342. The molecular formula is C24H49NO2. The number of rotatable bonds is 22. The Balaban J connectivity index is 3.57. The molecular weight excluding hydrogens is 334 g/mol. The first-order chi connectivity index (χ1) is 13.2. The van der Waals surface area contributed by atoms with Gasteiger partial charge in [-0.05, 0) is 38.3 Å². The Morgan fingerprint density at radius 3 is 1.70 bits per heavy atom. The molecule has 3 heteroatoms. The molecule has 0 saturated heterocycles. The van der Waals surface area contributed by atoms with Gasteiger partial charge in [0.25, 0.3) is 0 Å². The smallest absolute Gasteiger partial charge is 0.303 e. The largest absolute Gasteiger partial charge is 0.481 e. The van der Waals surface area contributed by atoms with Gasteiger partial charge in [-0.3, -0.25) is 4.79 Å². The molecule has 0 aromatic carbocycles. The molecule has 2 N–H and O–H groups in total. The molecule has 0 rings (SSSR count). The summed E-state index contributed by atoms with van der Waals surface area (Å²) in [6, 6.07) is 0. The Kier molecular flexibility index (Phi) is 21.3. The summed E-state index contributed by atoms with van der Waals surface area (Å²) in [6.07, 6.45) is 22.4. The highest BCUT2D eigenvalue weighted by atomic mass is 16.4. The maximum atomic E-state index is 10.6. The molecule has 0 aromatic heterocycles. The molecule has 0 aliphatic rings. The zero-order chi connectivity index (χ0) is 20.0. The van der Waals surface area contributed by atoms with Crippen molar-refractivity contribution in [2.45, 2.75) is 129 Å². The number of hydrogen-bond acceptors (Lipinski definition) is 2. The van der Waals surface area contributed by atoms with Gasteiger partial charge >= 0.3 is 5.97 Å². The predicted molar refractivity (Wildman–Crippen MR) is 118 cm³/mol. The maximum Gasteiger partial charge on any atom is 0.303 e. The lowest BCUT2D eigenvalue weighted by Gasteiger charge is -2.16. The highest BCUT2D eigenvalue weighted by Crippen LogP contribution is 2.23. The van der Waals surface area contributed by atoms with Crippen molar-refractivity contribution in [1.82, 2.24) is 5.32 Å². The second-order valence-electron chi connectivity index (χ2n) is 8.37. The second kappa shape index (κ2) is 21.7. The average molecular weight is 384 g/mol. The van der Waals surface area contributed by atoms with Crippen molar-refractivity contribution < 1.29 is 9.90 Å². The van der Waals surface area contributed by atoms with E-state index in [-0.39, 0.29) is 0 Å². The van der Waals surface area contributed by atoms with E-state index in [0.29, 0.717) is 6.42 Å². The third-order valence-corrected chi connectivity index (χ3v) is 5.64. The fourth-order valence-corrected chi connectivity index (χ4v) is 3.84. The SMILES string of the molecule is CCCCCCNCCCCCCCC(CCCCC)CCCCC(=O)O. The van der Waals surface area contributed by atoms with Crippen molar-refractivity contribution in [2.24, 2.45) is 5.92 Å². The van der Waals surface area contributed by atoms with Gasteiger partial charge in [0.05, 0.1) is 0 Å². The fraction of sp³-hybridized carbons (Fsp3) is 0.958. The monoisotopic (exact) mass is 383 g/mol. The Hall–Kier alpha value is -0.570. The average Bonchev–Trinajstić information content (AvgIpc) is 2.65. The summed E-state index contributed by atoms with van der Waals surface area (Å²) in [5.41, 5.74) is 0. The molecule has 1 atom stereocenters. The van der Waals surface area contributed by atoms with Crippen LogP contribution in [0.25, 0.3) is 0 Å². The molecule has 0 aliphatic heterocycles. The second-order valence-corrected chi connectivity index (χ2v) is 8.37. The zero-order valence-electron chi connectivity index (χ0n) is 18.6. The molecule has 162 valence electrons. The van der Waals surface area contributed by atoms with Crippen molar-refractivity contribution in [3.05, 3.63) is 0 Å². The minimum atomic E-state index is -0.645. The first kappa shape index (κ1) is 26.4. The van der Waals surface area contributed by atoms with Gasteiger partial charge in [-0.25, -0.2) is 0 Å². The third kappa shape index (κ3) is 21.6. The minimum Gasteiger partial charge on any atom is -0.481 e. The van der Waals surface area contributed by atoms with Crippen LogP contribution in [0.5, 0.6) is 0 Å². The van der Waals surface area contributed by atoms with Gasteiger partial charge in [-0.1, -0.05) is 104 Å². The van der Waals surface area contributed by atoms with Gasteiger partial charge in [0.2, 0.25) is 0 Å². The fourth-order valence-electron chi connectivity index (χ4n) is 3.84. The number of carboxylic acid groups (broad SMARTS) is 1. The van der Waals surface area contributed by atoms with Crippen LogP contribution in [0.4, 0.5) is 0 Å².